The van der Waals surface area contributed by atoms with Gasteiger partial charge in [-0.15, -0.1) is 0 Å². The molecule has 0 spiro atoms. The average molecular weight is 576 g/mol. The lowest BCUT2D eigenvalue weighted by molar-refractivity contribution is -0.126. The van der Waals surface area contributed by atoms with E-state index >= 15 is 0 Å². The molecule has 5 rings (SSSR count). The zero-order valence-electron chi connectivity index (χ0n) is 23.8. The summed E-state index contributed by atoms with van der Waals surface area (Å²) in [6.07, 6.45) is 1.30. The molecule has 0 radical (unpaired) electrons. The monoisotopic (exact) mass is 575 g/mol. The highest BCUT2D eigenvalue weighted by atomic mass is 35.5. The molecule has 0 unspecified atom stereocenters. The molecule has 7 nitrogen and oxygen atoms in total. The van der Waals surface area contributed by atoms with E-state index in [1.807, 2.05) is 54.3 Å². The van der Waals surface area contributed by atoms with Gasteiger partial charge in [0.2, 0.25) is 5.91 Å². The Balaban J connectivity index is 1.88. The van der Waals surface area contributed by atoms with Crippen molar-refractivity contribution in [2.24, 2.45) is 0 Å². The lowest BCUT2D eigenvalue weighted by atomic mass is 9.98. The normalized spacial score (nSPS) is 15.0. The van der Waals surface area contributed by atoms with Crippen molar-refractivity contribution in [1.29, 1.82) is 0 Å². The van der Waals surface area contributed by atoms with Gasteiger partial charge < -0.3 is 9.80 Å². The minimum atomic E-state index is -0.427. The third-order valence-corrected chi connectivity index (χ3v) is 8.15. The summed E-state index contributed by atoms with van der Waals surface area (Å²) < 4.78 is 1.62. The molecule has 1 saturated heterocycles. The Kier molecular flexibility index (Phi) is 7.89. The third-order valence-electron chi connectivity index (χ3n) is 7.84. The van der Waals surface area contributed by atoms with Gasteiger partial charge in [0.25, 0.3) is 11.2 Å². The first-order chi connectivity index (χ1) is 20.2. The van der Waals surface area contributed by atoms with Crippen molar-refractivity contribution in [2.45, 2.75) is 32.7 Å². The second-order valence-corrected chi connectivity index (χ2v) is 11.1. The molecule has 4 aromatic rings. The Bertz CT molecular complexity index is 1880. The molecule has 1 aliphatic heterocycles. The van der Waals surface area contributed by atoms with E-state index in [-0.39, 0.29) is 23.6 Å². The first-order valence-electron chi connectivity index (χ1n) is 13.8. The number of anilines is 1. The molecule has 42 heavy (non-hydrogen) atoms. The maximum Gasteiger partial charge on any atom is 0.274 e. The molecule has 1 aliphatic rings. The van der Waals surface area contributed by atoms with Crippen LogP contribution in [0.15, 0.2) is 78.1 Å². The van der Waals surface area contributed by atoms with Crippen LogP contribution in [0.4, 0.5) is 17.1 Å². The zero-order chi connectivity index (χ0) is 30.1. The largest absolute Gasteiger partial charge is 0.373 e. The van der Waals surface area contributed by atoms with E-state index in [2.05, 4.69) is 30.1 Å². The van der Waals surface area contributed by atoms with Crippen LogP contribution in [0.2, 0.25) is 5.02 Å². The van der Waals surface area contributed by atoms with Gasteiger partial charge in [-0.05, 0) is 53.8 Å². The second kappa shape index (κ2) is 11.6. The molecule has 1 aromatic heterocycles. The summed E-state index contributed by atoms with van der Waals surface area (Å²) in [6, 6.07) is 18.4. The number of para-hydroxylation sites is 2. The number of aromatic nitrogens is 1. The molecule has 2 heterocycles. The molecule has 1 atom stereocenters. The lowest BCUT2D eigenvalue weighted by Gasteiger charge is -2.42. The first kappa shape index (κ1) is 28.7. The van der Waals surface area contributed by atoms with E-state index in [1.54, 1.807) is 27.7 Å². The van der Waals surface area contributed by atoms with Crippen LogP contribution >= 0.6 is 11.6 Å². The van der Waals surface area contributed by atoms with E-state index in [1.165, 1.54) is 6.08 Å². The summed E-state index contributed by atoms with van der Waals surface area (Å²) in [5.41, 5.74) is 4.07. The average Bonchev–Trinajstić information content (AvgIpc) is 3.00. The van der Waals surface area contributed by atoms with Crippen LogP contribution in [0.3, 0.4) is 0 Å². The van der Waals surface area contributed by atoms with Gasteiger partial charge in [-0.3, -0.25) is 14.2 Å². The number of hydrogen-bond donors (Lipinski definition) is 0. The van der Waals surface area contributed by atoms with Gasteiger partial charge >= 0.3 is 0 Å². The minimum absolute atomic E-state index is 0.00165. The summed E-state index contributed by atoms with van der Waals surface area (Å²) >= 11 is 6.96. The molecule has 3 aromatic carbocycles. The molecule has 8 heteroatoms. The summed E-state index contributed by atoms with van der Waals surface area (Å²) in [5.74, 6) is -0.0343. The van der Waals surface area contributed by atoms with Crippen molar-refractivity contribution in [3.63, 3.8) is 0 Å². The van der Waals surface area contributed by atoms with Crippen LogP contribution < -0.4 is 10.5 Å². The van der Waals surface area contributed by atoms with Gasteiger partial charge in [0.1, 0.15) is 0 Å². The lowest BCUT2D eigenvalue weighted by Crippen LogP contribution is -2.53. The van der Waals surface area contributed by atoms with E-state index in [0.717, 1.165) is 5.56 Å². The molecule has 0 bridgehead atoms. The molecule has 1 amide bonds. The van der Waals surface area contributed by atoms with Crippen LogP contribution in [-0.2, 0) is 4.79 Å². The van der Waals surface area contributed by atoms with Crippen LogP contribution in [0.5, 0.6) is 0 Å². The van der Waals surface area contributed by atoms with E-state index < -0.39 is 5.56 Å². The third kappa shape index (κ3) is 4.83. The Labute approximate surface area is 250 Å². The number of carbonyl (C=O) groups excluding carboxylic acids is 1. The van der Waals surface area contributed by atoms with Crippen molar-refractivity contribution >= 4 is 45.5 Å². The fourth-order valence-electron chi connectivity index (χ4n) is 5.82. The fraction of sp³-hybridized carbons (Fsp3) is 0.235. The number of nitrogens with zero attached hydrogens (tertiary/aromatic N) is 5. The van der Waals surface area contributed by atoms with E-state index in [0.29, 0.717) is 63.7 Å². The number of pyridine rings is 1. The summed E-state index contributed by atoms with van der Waals surface area (Å²) in [4.78, 5) is 38.0. The summed E-state index contributed by atoms with van der Waals surface area (Å²) in [7, 11) is 0. The predicted octanol–water partition coefficient (Wildman–Crippen LogP) is 7.76. The number of rotatable bonds is 5. The van der Waals surface area contributed by atoms with Crippen molar-refractivity contribution in [3.8, 4) is 16.8 Å². The second-order valence-electron chi connectivity index (χ2n) is 10.7. The summed E-state index contributed by atoms with van der Waals surface area (Å²) in [5, 5.41) is 1.06. The molecule has 0 N–H and O–H groups in total. The molecular formula is C34H30ClN5O2. The smallest absolute Gasteiger partial charge is 0.274 e. The number of hydrogen-bond acceptors (Lipinski definition) is 3. The van der Waals surface area contributed by atoms with E-state index in [4.69, 9.17) is 24.7 Å². The quantitative estimate of drug-likeness (QED) is 0.180. The van der Waals surface area contributed by atoms with Crippen LogP contribution in [-0.4, -0.2) is 41.1 Å². The number of piperazine rings is 1. The highest BCUT2D eigenvalue weighted by Crippen LogP contribution is 2.43. The minimum Gasteiger partial charge on any atom is -0.373 e. The van der Waals surface area contributed by atoms with Crippen molar-refractivity contribution < 1.29 is 4.79 Å². The van der Waals surface area contributed by atoms with Crippen LogP contribution in [0.1, 0.15) is 32.3 Å². The van der Waals surface area contributed by atoms with Crippen molar-refractivity contribution in [1.82, 2.24) is 9.47 Å². The molecular weight excluding hydrogens is 546 g/mol. The van der Waals surface area contributed by atoms with Gasteiger partial charge in [0.05, 0.1) is 30.0 Å². The maximum atomic E-state index is 14.4. The van der Waals surface area contributed by atoms with Gasteiger partial charge in [-0.2, -0.15) is 0 Å². The number of fused-ring (bicyclic) bond motifs is 1. The number of benzene rings is 3. The Morgan fingerprint density at radius 2 is 1.76 bits per heavy atom. The molecule has 1 fully saturated rings. The first-order valence-corrected chi connectivity index (χ1v) is 14.1. The van der Waals surface area contributed by atoms with Gasteiger partial charge in [-0.25, -0.2) is 9.69 Å². The Morgan fingerprint density at radius 1 is 1.05 bits per heavy atom. The van der Waals surface area contributed by atoms with Crippen LogP contribution in [0.25, 0.3) is 37.4 Å². The van der Waals surface area contributed by atoms with Crippen LogP contribution in [0, 0.1) is 13.1 Å². The maximum absolute atomic E-state index is 14.4. The van der Waals surface area contributed by atoms with Crippen molar-refractivity contribution in [3.05, 3.63) is 117 Å². The highest BCUT2D eigenvalue weighted by Gasteiger charge is 2.31. The van der Waals surface area contributed by atoms with Gasteiger partial charge in [0.15, 0.2) is 5.69 Å². The topological polar surface area (TPSA) is 54.3 Å². The number of amides is 1. The molecule has 210 valence electrons. The molecule has 0 saturated carbocycles. The number of carbonyl (C=O) groups is 1. The van der Waals surface area contributed by atoms with Gasteiger partial charge in [0, 0.05) is 36.1 Å². The molecule has 0 aliphatic carbocycles. The summed E-state index contributed by atoms with van der Waals surface area (Å²) in [6.45, 7) is 26.9. The number of halogens is 1. The van der Waals surface area contributed by atoms with Crippen molar-refractivity contribution in [2.75, 3.05) is 24.5 Å². The van der Waals surface area contributed by atoms with Gasteiger partial charge in [-0.1, -0.05) is 74.5 Å². The zero-order valence-corrected chi connectivity index (χ0v) is 24.5. The fourth-order valence-corrected chi connectivity index (χ4v) is 6.08. The Morgan fingerprint density at radius 3 is 2.43 bits per heavy atom. The van der Waals surface area contributed by atoms with E-state index in [9.17, 15) is 9.59 Å². The predicted molar refractivity (Wildman–Crippen MR) is 170 cm³/mol. The SMILES string of the molecule is [C-]#[N+]c1ccccc1-c1cc2c(cc1Cl)c(N1CCN(C(=O)C=C)C[C@@H]1C)c([N+]#[C-])c(=O)n2-c1ccccc1C(C)C. The highest BCUT2D eigenvalue weighted by molar-refractivity contribution is 6.34. The Hall–Kier alpha value is -4.85. The standard InChI is InChI=1S/C34H30ClN5O2/c1-7-31(41)38-16-17-39(22(4)20-38)33-26-18-27(35)25(24-13-8-10-14-28(24)36-5)19-30(26)40(34(42)32(33)37-6)29-15-11-9-12-23(29)21(2)3/h7-15,18-19,21-22H,1,16-17,20H2,2-4H3/t22-/m0/s1.